The number of benzene rings is 4. The van der Waals surface area contributed by atoms with Crippen LogP contribution in [0.3, 0.4) is 0 Å². The number of rotatable bonds is 8. The van der Waals surface area contributed by atoms with Crippen LogP contribution >= 0.6 is 0 Å². The summed E-state index contributed by atoms with van der Waals surface area (Å²) in [5.41, 5.74) is 11.0. The molecular weight excluding hydrogens is 457 g/mol. The van der Waals surface area contributed by atoms with E-state index in [2.05, 4.69) is 0 Å². The lowest BCUT2D eigenvalue weighted by Crippen LogP contribution is -2.05. The molecule has 180 valence electrons. The maximum Gasteiger partial charge on any atom is 0.307 e. The number of carboxylic acid groups (broad SMARTS) is 1. The molecule has 0 aliphatic heterocycles. The Labute approximate surface area is 207 Å². The molecule has 0 amide bonds. The number of aliphatic carboxylic acids is 1. The van der Waals surface area contributed by atoms with Gasteiger partial charge in [-0.05, 0) is 41.0 Å². The van der Waals surface area contributed by atoms with E-state index in [9.17, 15) is 9.90 Å². The number of carboxylic acids is 1. The number of hydrogen-bond acceptors (Lipinski definition) is 4. The van der Waals surface area contributed by atoms with Crippen LogP contribution in [0.4, 0.5) is 4.39 Å². The van der Waals surface area contributed by atoms with E-state index in [1.807, 2.05) is 60.7 Å². The van der Waals surface area contributed by atoms with Crippen molar-refractivity contribution < 1.29 is 23.4 Å². The van der Waals surface area contributed by atoms with Gasteiger partial charge in [0.15, 0.2) is 0 Å². The summed E-state index contributed by atoms with van der Waals surface area (Å²) in [4.78, 5) is 11.4. The highest BCUT2D eigenvalue weighted by Gasteiger charge is 2.16. The summed E-state index contributed by atoms with van der Waals surface area (Å²) < 4.78 is 27.0. The van der Waals surface area contributed by atoms with Crippen LogP contribution in [0, 0.1) is 5.82 Å². The first-order valence-corrected chi connectivity index (χ1v) is 11.5. The molecule has 0 bridgehead atoms. The molecule has 0 radical (unpaired) electrons. The molecule has 5 aromatic rings. The van der Waals surface area contributed by atoms with Crippen molar-refractivity contribution >= 4 is 16.9 Å². The van der Waals surface area contributed by atoms with Crippen LogP contribution in [-0.4, -0.2) is 11.1 Å². The highest BCUT2D eigenvalue weighted by molar-refractivity contribution is 5.93. The van der Waals surface area contributed by atoms with E-state index >= 15 is 4.39 Å². The smallest absolute Gasteiger partial charge is 0.307 e. The van der Waals surface area contributed by atoms with Gasteiger partial charge >= 0.3 is 5.97 Å². The molecule has 0 saturated carbocycles. The molecule has 4 aromatic carbocycles. The van der Waals surface area contributed by atoms with Gasteiger partial charge in [-0.3, -0.25) is 4.79 Å². The highest BCUT2D eigenvalue weighted by atomic mass is 19.1. The molecule has 1 heterocycles. The highest BCUT2D eigenvalue weighted by Crippen LogP contribution is 2.35. The maximum atomic E-state index is 15.1. The van der Waals surface area contributed by atoms with Crippen LogP contribution in [0.5, 0.6) is 5.75 Å². The lowest BCUT2D eigenvalue weighted by molar-refractivity contribution is -0.136. The van der Waals surface area contributed by atoms with Gasteiger partial charge in [-0.1, -0.05) is 60.7 Å². The minimum atomic E-state index is -0.940. The lowest BCUT2D eigenvalue weighted by Gasteiger charge is -2.14. The van der Waals surface area contributed by atoms with Gasteiger partial charge in [0, 0.05) is 34.2 Å². The molecule has 5 rings (SSSR count). The monoisotopic (exact) mass is 481 g/mol. The average Bonchev–Trinajstić information content (AvgIpc) is 3.37. The van der Waals surface area contributed by atoms with E-state index < -0.39 is 5.97 Å². The third kappa shape index (κ3) is 4.72. The Balaban J connectivity index is 1.52. The zero-order valence-electron chi connectivity index (χ0n) is 19.4. The van der Waals surface area contributed by atoms with Crippen LogP contribution in [0.25, 0.3) is 33.2 Å². The lowest BCUT2D eigenvalue weighted by atomic mass is 9.98. The van der Waals surface area contributed by atoms with Crippen molar-refractivity contribution in [1.82, 2.24) is 0 Å². The molecule has 5 nitrogen and oxygen atoms in total. The Hall–Kier alpha value is -4.42. The normalized spacial score (nSPS) is 11.1. The summed E-state index contributed by atoms with van der Waals surface area (Å²) in [6, 6.07) is 26.0. The number of ether oxygens (including phenoxy) is 1. The van der Waals surface area contributed by atoms with Crippen molar-refractivity contribution in [3.63, 3.8) is 0 Å². The third-order valence-corrected chi connectivity index (χ3v) is 6.11. The molecule has 36 heavy (non-hydrogen) atoms. The summed E-state index contributed by atoms with van der Waals surface area (Å²) in [5, 5.41) is 10.2. The zero-order chi connectivity index (χ0) is 25.1. The molecule has 6 heteroatoms. The Morgan fingerprint density at radius 2 is 1.72 bits per heavy atom. The second-order valence-corrected chi connectivity index (χ2v) is 8.51. The van der Waals surface area contributed by atoms with Gasteiger partial charge in [0.2, 0.25) is 0 Å². The van der Waals surface area contributed by atoms with Crippen molar-refractivity contribution in [2.45, 2.75) is 19.6 Å². The minimum Gasteiger partial charge on any atom is -0.489 e. The second-order valence-electron chi connectivity index (χ2n) is 8.51. The van der Waals surface area contributed by atoms with E-state index in [1.165, 1.54) is 0 Å². The average molecular weight is 482 g/mol. The summed E-state index contributed by atoms with van der Waals surface area (Å²) in [6.07, 6.45) is 1.41. The molecule has 0 aliphatic carbocycles. The van der Waals surface area contributed by atoms with Gasteiger partial charge in [0.1, 0.15) is 23.8 Å². The van der Waals surface area contributed by atoms with Crippen molar-refractivity contribution in [2.24, 2.45) is 5.73 Å². The Morgan fingerprint density at radius 1 is 0.889 bits per heavy atom. The first-order chi connectivity index (χ1) is 17.5. The van der Waals surface area contributed by atoms with E-state index in [4.69, 9.17) is 14.9 Å². The van der Waals surface area contributed by atoms with Crippen LogP contribution in [0.1, 0.15) is 16.7 Å². The Bertz CT molecular complexity index is 1540. The van der Waals surface area contributed by atoms with E-state index in [0.717, 1.165) is 22.1 Å². The number of nitrogens with two attached hydrogens (primary N) is 1. The SMILES string of the molecule is NCc1cccc(-c2cc(COc3cc(-c4ccccc4)ccc3CC(=O)O)cc3ccoc23)c1F. The maximum absolute atomic E-state index is 15.1. The number of fused-ring (bicyclic) bond motifs is 1. The van der Waals surface area contributed by atoms with Gasteiger partial charge in [-0.2, -0.15) is 0 Å². The van der Waals surface area contributed by atoms with Crippen LogP contribution < -0.4 is 10.5 Å². The standard InChI is InChI=1S/C30H24FNO4/c31-29-24(17-32)7-4-8-25(29)26-14-19(13-23-11-12-35-30(23)26)18-36-27-15-21(20-5-2-1-3-6-20)9-10-22(27)16-28(33)34/h1-15H,16-18,32H2,(H,33,34). The van der Waals surface area contributed by atoms with Gasteiger partial charge in [0.25, 0.3) is 0 Å². The minimum absolute atomic E-state index is 0.0912. The number of halogens is 1. The topological polar surface area (TPSA) is 85.7 Å². The van der Waals surface area contributed by atoms with E-state index in [0.29, 0.717) is 33.6 Å². The van der Waals surface area contributed by atoms with E-state index in [1.54, 1.807) is 30.5 Å². The van der Waals surface area contributed by atoms with Crippen LogP contribution in [-0.2, 0) is 24.4 Å². The van der Waals surface area contributed by atoms with Crippen LogP contribution in [0.2, 0.25) is 0 Å². The molecule has 0 saturated heterocycles. The fourth-order valence-electron chi connectivity index (χ4n) is 4.34. The first-order valence-electron chi connectivity index (χ1n) is 11.5. The molecule has 1 aromatic heterocycles. The number of furan rings is 1. The van der Waals surface area contributed by atoms with Gasteiger partial charge in [0.05, 0.1) is 12.7 Å². The van der Waals surface area contributed by atoms with Crippen LogP contribution in [0.15, 0.2) is 95.6 Å². The quantitative estimate of drug-likeness (QED) is 0.262. The van der Waals surface area contributed by atoms with Crippen molar-refractivity contribution in [3.05, 3.63) is 114 Å². The van der Waals surface area contributed by atoms with Crippen molar-refractivity contribution in [3.8, 4) is 28.0 Å². The molecule has 0 unspecified atom stereocenters. The molecule has 3 N–H and O–H groups in total. The predicted molar refractivity (Wildman–Crippen MR) is 137 cm³/mol. The molecular formula is C30H24FNO4. The van der Waals surface area contributed by atoms with Gasteiger partial charge in [-0.15, -0.1) is 0 Å². The van der Waals surface area contributed by atoms with Crippen molar-refractivity contribution in [1.29, 1.82) is 0 Å². The summed E-state index contributed by atoms with van der Waals surface area (Å²) in [5.74, 6) is -0.830. The molecule has 0 atom stereocenters. The third-order valence-electron chi connectivity index (χ3n) is 6.11. The first kappa shape index (κ1) is 23.3. The van der Waals surface area contributed by atoms with Crippen molar-refractivity contribution in [2.75, 3.05) is 0 Å². The molecule has 0 spiro atoms. The molecule has 0 fully saturated rings. The second kappa shape index (κ2) is 10.1. The fourth-order valence-corrected chi connectivity index (χ4v) is 4.34. The molecule has 0 aliphatic rings. The van der Waals surface area contributed by atoms with Gasteiger partial charge < -0.3 is 20.0 Å². The Kier molecular flexibility index (Phi) is 6.52. The largest absolute Gasteiger partial charge is 0.489 e. The summed E-state index contributed by atoms with van der Waals surface area (Å²) >= 11 is 0. The zero-order valence-corrected chi connectivity index (χ0v) is 19.4. The van der Waals surface area contributed by atoms with E-state index in [-0.39, 0.29) is 25.4 Å². The number of hydrogen-bond donors (Lipinski definition) is 2. The summed E-state index contributed by atoms with van der Waals surface area (Å²) in [6.45, 7) is 0.255. The number of carbonyl (C=O) groups is 1. The fraction of sp³-hybridized carbons (Fsp3) is 0.100. The Morgan fingerprint density at radius 3 is 2.50 bits per heavy atom. The predicted octanol–water partition coefficient (Wildman–Crippen LogP) is 6.57. The summed E-state index contributed by atoms with van der Waals surface area (Å²) in [7, 11) is 0. The van der Waals surface area contributed by atoms with Gasteiger partial charge in [-0.25, -0.2) is 4.39 Å².